The van der Waals surface area contributed by atoms with Gasteiger partial charge in [0, 0.05) is 5.56 Å². The molecule has 5 heteroatoms. The highest BCUT2D eigenvalue weighted by molar-refractivity contribution is 14.1. The maximum atomic E-state index is 11.4. The maximum absolute atomic E-state index is 11.4. The summed E-state index contributed by atoms with van der Waals surface area (Å²) in [4.78, 5) is 20.8. The second-order valence-corrected chi connectivity index (χ2v) is 7.16. The van der Waals surface area contributed by atoms with Crippen molar-refractivity contribution in [3.05, 3.63) is 71.8 Å². The first-order valence-electron chi connectivity index (χ1n) is 7.65. The van der Waals surface area contributed by atoms with Crippen molar-refractivity contribution in [2.75, 3.05) is 0 Å². The lowest BCUT2D eigenvalue weighted by Crippen LogP contribution is -2.35. The van der Waals surface area contributed by atoms with Crippen LogP contribution in [0.4, 0.5) is 0 Å². The van der Waals surface area contributed by atoms with Gasteiger partial charge in [-0.1, -0.05) is 83.3 Å². The molecule has 0 fully saturated rings. The lowest BCUT2D eigenvalue weighted by Gasteiger charge is -2.24. The van der Waals surface area contributed by atoms with Gasteiger partial charge in [-0.2, -0.15) is 0 Å². The van der Waals surface area contributed by atoms with Crippen LogP contribution in [0.2, 0.25) is 0 Å². The molecule has 3 rings (SSSR count). The van der Waals surface area contributed by atoms with Crippen molar-refractivity contribution < 1.29 is 9.90 Å². The Kier molecular flexibility index (Phi) is 4.80. The van der Waals surface area contributed by atoms with E-state index >= 15 is 0 Å². The van der Waals surface area contributed by atoms with Crippen LogP contribution in [0.5, 0.6) is 0 Å². The van der Waals surface area contributed by atoms with Crippen molar-refractivity contribution in [3.8, 4) is 0 Å². The first-order valence-corrected chi connectivity index (χ1v) is 8.89. The monoisotopic (exact) mass is 432 g/mol. The van der Waals surface area contributed by atoms with Gasteiger partial charge < -0.3 is 5.11 Å². The second-order valence-electron chi connectivity index (χ2n) is 5.92. The number of hydrogen-bond donors (Lipinski definition) is 1. The molecule has 1 aliphatic heterocycles. The average Bonchev–Trinajstić information content (AvgIpc) is 2.92. The van der Waals surface area contributed by atoms with Crippen molar-refractivity contribution in [2.24, 2.45) is 9.98 Å². The third-order valence-corrected chi connectivity index (χ3v) is 5.30. The summed E-state index contributed by atoms with van der Waals surface area (Å²) in [5.41, 5.74) is 1.95. The van der Waals surface area contributed by atoms with Crippen molar-refractivity contribution in [1.29, 1.82) is 0 Å². The SMILES string of the molecule is CC1(CC(=O)O)N=C(c2ccccc2)N=C1C(I)c1ccccc1. The lowest BCUT2D eigenvalue weighted by atomic mass is 9.89. The molecule has 2 aromatic rings. The molecule has 0 aromatic heterocycles. The fraction of sp³-hybridized carbons (Fsp3) is 0.211. The highest BCUT2D eigenvalue weighted by atomic mass is 127. The number of carboxylic acid groups (broad SMARTS) is 1. The van der Waals surface area contributed by atoms with Gasteiger partial charge in [0.05, 0.1) is 16.1 Å². The zero-order valence-corrected chi connectivity index (χ0v) is 15.3. The lowest BCUT2D eigenvalue weighted by molar-refractivity contribution is -0.137. The maximum Gasteiger partial charge on any atom is 0.306 e. The third kappa shape index (κ3) is 3.40. The van der Waals surface area contributed by atoms with Crippen molar-refractivity contribution in [1.82, 2.24) is 0 Å². The molecule has 0 aliphatic carbocycles. The third-order valence-electron chi connectivity index (χ3n) is 3.99. The van der Waals surface area contributed by atoms with E-state index in [1.807, 2.05) is 67.6 Å². The number of aliphatic imine (C=N–C) groups is 2. The Bertz CT molecular complexity index is 803. The minimum absolute atomic E-state index is 0.0295. The largest absolute Gasteiger partial charge is 0.481 e. The van der Waals surface area contributed by atoms with Crippen molar-refractivity contribution in [3.63, 3.8) is 0 Å². The normalized spacial score (nSPS) is 21.1. The number of amidine groups is 1. The summed E-state index contributed by atoms with van der Waals surface area (Å²) in [6.07, 6.45) is -0.0749. The van der Waals surface area contributed by atoms with Crippen LogP contribution in [-0.2, 0) is 4.79 Å². The first-order chi connectivity index (χ1) is 11.5. The van der Waals surface area contributed by atoms with E-state index in [0.29, 0.717) is 5.84 Å². The van der Waals surface area contributed by atoms with E-state index in [0.717, 1.165) is 16.8 Å². The molecular weight excluding hydrogens is 415 g/mol. The molecule has 0 saturated carbocycles. The molecule has 0 spiro atoms. The van der Waals surface area contributed by atoms with E-state index in [9.17, 15) is 9.90 Å². The number of carboxylic acids is 1. The average molecular weight is 432 g/mol. The van der Waals surface area contributed by atoms with Gasteiger partial charge in [-0.25, -0.2) is 4.99 Å². The Morgan fingerprint density at radius 3 is 2.29 bits per heavy atom. The van der Waals surface area contributed by atoms with E-state index in [-0.39, 0.29) is 10.3 Å². The fourth-order valence-electron chi connectivity index (χ4n) is 2.80. The van der Waals surface area contributed by atoms with Gasteiger partial charge in [-0.15, -0.1) is 0 Å². The zero-order chi connectivity index (χ0) is 17.2. The highest BCUT2D eigenvalue weighted by Gasteiger charge is 2.41. The number of rotatable bonds is 5. The molecule has 0 radical (unpaired) electrons. The summed E-state index contributed by atoms with van der Waals surface area (Å²) >= 11 is 2.31. The number of alkyl halides is 1. The Hall–Kier alpha value is -2.02. The van der Waals surface area contributed by atoms with Crippen LogP contribution in [0.15, 0.2) is 70.6 Å². The topological polar surface area (TPSA) is 62.0 Å². The van der Waals surface area contributed by atoms with Crippen LogP contribution in [0.1, 0.15) is 28.4 Å². The second kappa shape index (κ2) is 6.84. The summed E-state index contributed by atoms with van der Waals surface area (Å²) in [6, 6.07) is 19.7. The number of nitrogens with zero attached hydrogens (tertiary/aromatic N) is 2. The molecule has 1 N–H and O–H groups in total. The van der Waals surface area contributed by atoms with E-state index in [1.54, 1.807) is 0 Å². The number of halogens is 1. The molecule has 122 valence electrons. The minimum Gasteiger partial charge on any atom is -0.481 e. The van der Waals surface area contributed by atoms with Crippen LogP contribution >= 0.6 is 22.6 Å². The number of carbonyl (C=O) groups is 1. The smallest absolute Gasteiger partial charge is 0.306 e. The van der Waals surface area contributed by atoms with Gasteiger partial charge in [0.25, 0.3) is 0 Å². The van der Waals surface area contributed by atoms with E-state index in [1.165, 1.54) is 0 Å². The summed E-state index contributed by atoms with van der Waals surface area (Å²) in [7, 11) is 0. The van der Waals surface area contributed by atoms with E-state index in [2.05, 4.69) is 27.6 Å². The molecule has 1 aliphatic rings. The number of aliphatic carboxylic acids is 1. The predicted octanol–water partition coefficient (Wildman–Crippen LogP) is 4.30. The predicted molar refractivity (Wildman–Crippen MR) is 104 cm³/mol. The van der Waals surface area contributed by atoms with Gasteiger partial charge in [-0.05, 0) is 12.5 Å². The van der Waals surface area contributed by atoms with Gasteiger partial charge in [0.15, 0.2) is 5.84 Å². The standard InChI is InChI=1S/C19H17IN2O2/c1-19(12-15(23)24)17(16(20)13-8-4-2-5-9-13)21-18(22-19)14-10-6-3-7-11-14/h2-11,16H,12H2,1H3,(H,23,24). The number of benzene rings is 2. The van der Waals surface area contributed by atoms with Gasteiger partial charge >= 0.3 is 5.97 Å². The Balaban J connectivity index is 2.03. The Morgan fingerprint density at radius 1 is 1.12 bits per heavy atom. The number of hydrogen-bond acceptors (Lipinski definition) is 3. The molecule has 0 saturated heterocycles. The molecule has 2 atom stereocenters. The molecule has 2 unspecified atom stereocenters. The van der Waals surface area contributed by atoms with Crippen LogP contribution in [0, 0.1) is 0 Å². The minimum atomic E-state index is -0.875. The van der Waals surface area contributed by atoms with Gasteiger partial charge in [0.2, 0.25) is 0 Å². The Labute approximate surface area is 154 Å². The van der Waals surface area contributed by atoms with Gasteiger partial charge in [0.1, 0.15) is 5.54 Å². The van der Waals surface area contributed by atoms with Crippen molar-refractivity contribution in [2.45, 2.75) is 22.8 Å². The quantitative estimate of drug-likeness (QED) is 0.566. The van der Waals surface area contributed by atoms with Crippen molar-refractivity contribution >= 4 is 40.1 Å². The molecular formula is C19H17IN2O2. The summed E-state index contributed by atoms with van der Waals surface area (Å²) < 4.78 is -0.0295. The fourth-order valence-corrected chi connectivity index (χ4v) is 4.03. The van der Waals surface area contributed by atoms with Crippen LogP contribution < -0.4 is 0 Å². The molecule has 24 heavy (non-hydrogen) atoms. The summed E-state index contributed by atoms with van der Waals surface area (Å²) in [5, 5.41) is 9.34. The Morgan fingerprint density at radius 2 is 1.71 bits per heavy atom. The molecule has 0 amide bonds. The summed E-state index contributed by atoms with van der Waals surface area (Å²) in [5.74, 6) is -0.271. The van der Waals surface area contributed by atoms with Crippen LogP contribution in [0.3, 0.4) is 0 Å². The zero-order valence-electron chi connectivity index (χ0n) is 13.2. The van der Waals surface area contributed by atoms with E-state index in [4.69, 9.17) is 4.99 Å². The van der Waals surface area contributed by atoms with E-state index < -0.39 is 11.5 Å². The van der Waals surface area contributed by atoms with Crippen LogP contribution in [0.25, 0.3) is 0 Å². The van der Waals surface area contributed by atoms with Gasteiger partial charge in [-0.3, -0.25) is 9.79 Å². The first kappa shape index (κ1) is 16.8. The highest BCUT2D eigenvalue weighted by Crippen LogP contribution is 2.37. The molecule has 0 bridgehead atoms. The van der Waals surface area contributed by atoms with Crippen LogP contribution in [-0.4, -0.2) is 28.2 Å². The molecule has 4 nitrogen and oxygen atoms in total. The molecule has 2 aromatic carbocycles. The molecule has 1 heterocycles. The summed E-state index contributed by atoms with van der Waals surface area (Å²) in [6.45, 7) is 1.85.